The molecule has 3 rings (SSSR count). The maximum absolute atomic E-state index is 11.8. The Morgan fingerprint density at radius 2 is 2.04 bits per heavy atom. The second kappa shape index (κ2) is 6.26. The smallest absolute Gasteiger partial charge is 0.321 e. The molecule has 0 aliphatic carbocycles. The number of rotatable bonds is 4. The molecule has 2 heterocycles. The van der Waals surface area contributed by atoms with Crippen LogP contribution < -0.4 is 16.0 Å². The molecule has 118 valence electrons. The number of aromatic nitrogens is 3. The van der Waals surface area contributed by atoms with Gasteiger partial charge in [0.25, 0.3) is 0 Å². The predicted molar refractivity (Wildman–Crippen MR) is 79.2 cm³/mol. The summed E-state index contributed by atoms with van der Waals surface area (Å²) in [5.74, 6) is -0.0573. The molecule has 1 aliphatic heterocycles. The summed E-state index contributed by atoms with van der Waals surface area (Å²) in [5.41, 5.74) is 1.41. The third kappa shape index (κ3) is 3.70. The molecule has 23 heavy (non-hydrogen) atoms. The molecule has 2 aromatic rings. The van der Waals surface area contributed by atoms with Crippen LogP contribution in [0.2, 0.25) is 0 Å². The summed E-state index contributed by atoms with van der Waals surface area (Å²) in [4.78, 5) is 38.4. The maximum atomic E-state index is 11.8. The van der Waals surface area contributed by atoms with Crippen LogP contribution in [-0.4, -0.2) is 33.0 Å². The zero-order chi connectivity index (χ0) is 16.2. The van der Waals surface area contributed by atoms with E-state index >= 15 is 0 Å². The number of urea groups is 1. The lowest BCUT2D eigenvalue weighted by molar-refractivity contribution is -0.121. The number of H-pyrrole nitrogens is 1. The topological polar surface area (TPSA) is 129 Å². The molecule has 0 radical (unpaired) electrons. The molecular weight excluding hydrogens is 300 g/mol. The number of anilines is 1. The van der Waals surface area contributed by atoms with Gasteiger partial charge in [-0.3, -0.25) is 20.0 Å². The van der Waals surface area contributed by atoms with Crippen LogP contribution in [0.15, 0.2) is 30.6 Å². The van der Waals surface area contributed by atoms with Crippen molar-refractivity contribution in [3.05, 3.63) is 42.0 Å². The minimum atomic E-state index is -0.504. The molecule has 0 spiro atoms. The molecule has 4 N–H and O–H groups in total. The first-order chi connectivity index (χ1) is 11.1. The lowest BCUT2D eigenvalue weighted by atomic mass is 10.0. The molecule has 1 fully saturated rings. The van der Waals surface area contributed by atoms with Gasteiger partial charge < -0.3 is 10.6 Å². The van der Waals surface area contributed by atoms with Gasteiger partial charge in [-0.25, -0.2) is 9.78 Å². The van der Waals surface area contributed by atoms with E-state index in [0.29, 0.717) is 11.5 Å². The second-order valence-electron chi connectivity index (χ2n) is 5.06. The van der Waals surface area contributed by atoms with Gasteiger partial charge >= 0.3 is 6.03 Å². The van der Waals surface area contributed by atoms with E-state index in [2.05, 4.69) is 31.1 Å². The number of nitrogens with one attached hydrogen (secondary N) is 4. The Kier molecular flexibility index (Phi) is 4.00. The second-order valence-corrected chi connectivity index (χ2v) is 5.06. The first-order valence-electron chi connectivity index (χ1n) is 6.94. The minimum absolute atomic E-state index is 0.0978. The normalized spacial score (nSPS) is 17.3. The Balaban J connectivity index is 1.61. The number of carbonyl (C=O) groups is 3. The number of hydrogen-bond acceptors (Lipinski definition) is 5. The van der Waals surface area contributed by atoms with Crippen molar-refractivity contribution < 1.29 is 14.4 Å². The van der Waals surface area contributed by atoms with E-state index in [1.807, 2.05) is 0 Å². The van der Waals surface area contributed by atoms with Crippen LogP contribution >= 0.6 is 0 Å². The van der Waals surface area contributed by atoms with Crippen LogP contribution in [0, 0.1) is 0 Å². The Hall–Kier alpha value is -3.23. The van der Waals surface area contributed by atoms with Crippen LogP contribution in [0.5, 0.6) is 0 Å². The zero-order valence-corrected chi connectivity index (χ0v) is 12.0. The summed E-state index contributed by atoms with van der Waals surface area (Å²) < 4.78 is 0. The summed E-state index contributed by atoms with van der Waals surface area (Å²) in [6, 6.07) is 6.07. The van der Waals surface area contributed by atoms with Crippen LogP contribution in [0.25, 0.3) is 0 Å². The molecule has 1 aromatic carbocycles. The van der Waals surface area contributed by atoms with E-state index < -0.39 is 6.03 Å². The number of aromatic amines is 1. The third-order valence-corrected chi connectivity index (χ3v) is 3.34. The lowest BCUT2D eigenvalue weighted by Crippen LogP contribution is -2.48. The molecule has 9 heteroatoms. The fourth-order valence-electron chi connectivity index (χ4n) is 2.28. The number of carbonyl (C=O) groups excluding carboxylic acids is 3. The van der Waals surface area contributed by atoms with E-state index in [1.54, 1.807) is 24.3 Å². The lowest BCUT2D eigenvalue weighted by Gasteiger charge is -2.23. The number of benzene rings is 1. The molecule has 1 unspecified atom stereocenters. The number of hydrogen-bond donors (Lipinski definition) is 4. The van der Waals surface area contributed by atoms with E-state index in [0.717, 1.165) is 5.56 Å². The monoisotopic (exact) mass is 314 g/mol. The van der Waals surface area contributed by atoms with Crippen LogP contribution in [-0.2, 0) is 16.0 Å². The van der Waals surface area contributed by atoms with E-state index in [9.17, 15) is 14.4 Å². The standard InChI is InChI=1S/C14H14N6O3/c21-12-5-10(18-14(23)19-12)8-1-3-9(4-2-8)17-13(22)6-11-15-7-16-20-11/h1-4,7,10H,5-6H2,(H,17,22)(H,15,16,20)(H2,18,19,21,23). The van der Waals surface area contributed by atoms with E-state index in [4.69, 9.17) is 0 Å². The molecular formula is C14H14N6O3. The Labute approximate surface area is 130 Å². The molecule has 1 saturated heterocycles. The van der Waals surface area contributed by atoms with Crippen LogP contribution in [0.1, 0.15) is 23.9 Å². The van der Waals surface area contributed by atoms with Crippen molar-refractivity contribution in [2.24, 2.45) is 0 Å². The first kappa shape index (κ1) is 14.7. The SMILES string of the molecule is O=C1CC(c2ccc(NC(=O)Cc3ncn[nH]3)cc2)NC(=O)N1. The maximum Gasteiger partial charge on any atom is 0.321 e. The number of nitrogens with zero attached hydrogens (tertiary/aromatic N) is 2. The van der Waals surface area contributed by atoms with Gasteiger partial charge in [-0.15, -0.1) is 0 Å². The average Bonchev–Trinajstić information content (AvgIpc) is 2.99. The summed E-state index contributed by atoms with van der Waals surface area (Å²) in [7, 11) is 0. The van der Waals surface area contributed by atoms with Crippen molar-refractivity contribution in [2.75, 3.05) is 5.32 Å². The summed E-state index contributed by atoms with van der Waals surface area (Å²) >= 11 is 0. The summed E-state index contributed by atoms with van der Waals surface area (Å²) in [6.45, 7) is 0. The first-order valence-corrected chi connectivity index (χ1v) is 6.94. The van der Waals surface area contributed by atoms with Crippen molar-refractivity contribution in [3.8, 4) is 0 Å². The molecule has 1 atom stereocenters. The van der Waals surface area contributed by atoms with Crippen molar-refractivity contribution in [1.29, 1.82) is 0 Å². The predicted octanol–water partition coefficient (Wildman–Crippen LogP) is 0.256. The van der Waals surface area contributed by atoms with Gasteiger partial charge in [0.05, 0.1) is 18.9 Å². The fourth-order valence-corrected chi connectivity index (χ4v) is 2.28. The summed E-state index contributed by atoms with van der Waals surface area (Å²) in [6.07, 6.45) is 1.62. The molecule has 1 aromatic heterocycles. The molecule has 0 saturated carbocycles. The van der Waals surface area contributed by atoms with Crippen LogP contribution in [0.3, 0.4) is 0 Å². The number of imide groups is 1. The van der Waals surface area contributed by atoms with E-state index in [-0.39, 0.29) is 30.7 Å². The van der Waals surface area contributed by atoms with Gasteiger partial charge in [0.2, 0.25) is 11.8 Å². The molecule has 9 nitrogen and oxygen atoms in total. The summed E-state index contributed by atoms with van der Waals surface area (Å²) in [5, 5.41) is 13.9. The van der Waals surface area contributed by atoms with Gasteiger partial charge in [-0.05, 0) is 17.7 Å². The Morgan fingerprint density at radius 3 is 2.70 bits per heavy atom. The highest BCUT2D eigenvalue weighted by atomic mass is 16.2. The zero-order valence-electron chi connectivity index (χ0n) is 12.0. The largest absolute Gasteiger partial charge is 0.330 e. The quantitative estimate of drug-likeness (QED) is 0.643. The van der Waals surface area contributed by atoms with Crippen molar-refractivity contribution in [3.63, 3.8) is 0 Å². The van der Waals surface area contributed by atoms with Crippen molar-refractivity contribution in [2.45, 2.75) is 18.9 Å². The van der Waals surface area contributed by atoms with Crippen molar-refractivity contribution in [1.82, 2.24) is 25.8 Å². The highest BCUT2D eigenvalue weighted by Gasteiger charge is 2.24. The molecule has 4 amide bonds. The van der Waals surface area contributed by atoms with Gasteiger partial charge in [0, 0.05) is 5.69 Å². The average molecular weight is 314 g/mol. The number of amides is 4. The highest BCUT2D eigenvalue weighted by molar-refractivity contribution is 5.97. The highest BCUT2D eigenvalue weighted by Crippen LogP contribution is 2.21. The van der Waals surface area contributed by atoms with Gasteiger partial charge in [0.15, 0.2) is 0 Å². The van der Waals surface area contributed by atoms with Gasteiger partial charge in [-0.1, -0.05) is 12.1 Å². The fraction of sp³-hybridized carbons (Fsp3) is 0.214. The molecule has 1 aliphatic rings. The van der Waals surface area contributed by atoms with Gasteiger partial charge in [-0.2, -0.15) is 5.10 Å². The van der Waals surface area contributed by atoms with Crippen LogP contribution in [0.4, 0.5) is 10.5 Å². The van der Waals surface area contributed by atoms with Gasteiger partial charge in [0.1, 0.15) is 12.2 Å². The molecule has 0 bridgehead atoms. The Bertz CT molecular complexity index is 709. The van der Waals surface area contributed by atoms with E-state index in [1.165, 1.54) is 6.33 Å². The van der Waals surface area contributed by atoms with Crippen molar-refractivity contribution >= 4 is 23.5 Å². The Morgan fingerprint density at radius 1 is 1.26 bits per heavy atom. The minimum Gasteiger partial charge on any atom is -0.330 e. The third-order valence-electron chi connectivity index (χ3n) is 3.34.